The van der Waals surface area contributed by atoms with Gasteiger partial charge in [0.25, 0.3) is 0 Å². The summed E-state index contributed by atoms with van der Waals surface area (Å²) in [5.41, 5.74) is 3.15. The molecule has 0 saturated carbocycles. The number of carbonyl (C=O) groups is 1. The summed E-state index contributed by atoms with van der Waals surface area (Å²) in [6, 6.07) is 19.6. The third-order valence-electron chi connectivity index (χ3n) is 6.76. The molecule has 0 aliphatic carbocycles. The molecule has 196 valence electrons. The highest BCUT2D eigenvalue weighted by Gasteiger charge is 2.37. The summed E-state index contributed by atoms with van der Waals surface area (Å²) >= 11 is 0. The van der Waals surface area contributed by atoms with Crippen LogP contribution in [0.25, 0.3) is 0 Å². The van der Waals surface area contributed by atoms with Crippen LogP contribution >= 0.6 is 0 Å². The van der Waals surface area contributed by atoms with Crippen LogP contribution in [0.2, 0.25) is 0 Å². The smallest absolute Gasteiger partial charge is 0.309 e. The van der Waals surface area contributed by atoms with Crippen molar-refractivity contribution in [3.05, 3.63) is 77.4 Å². The van der Waals surface area contributed by atoms with Gasteiger partial charge in [-0.15, -0.1) is 0 Å². The maximum absolute atomic E-state index is 12.6. The van der Waals surface area contributed by atoms with Crippen LogP contribution in [0.1, 0.15) is 16.7 Å². The van der Waals surface area contributed by atoms with E-state index in [1.165, 1.54) is 0 Å². The molecule has 7 heteroatoms. The first-order valence-corrected chi connectivity index (χ1v) is 12.4. The summed E-state index contributed by atoms with van der Waals surface area (Å²) in [6.07, 6.45) is 1.98. The number of hydrogen-bond acceptors (Lipinski definition) is 7. The largest absolute Gasteiger partial charge is 0.496 e. The molecule has 0 spiro atoms. The van der Waals surface area contributed by atoms with E-state index in [0.29, 0.717) is 55.5 Å². The molecule has 2 atom stereocenters. The van der Waals surface area contributed by atoms with E-state index in [1.807, 2.05) is 60.7 Å². The zero-order valence-corrected chi connectivity index (χ0v) is 21.8. The minimum Gasteiger partial charge on any atom is -0.496 e. The molecule has 0 amide bonds. The van der Waals surface area contributed by atoms with Gasteiger partial charge in [0.2, 0.25) is 0 Å². The number of carbonyl (C=O) groups excluding carboxylic acids is 1. The topological polar surface area (TPSA) is 72.5 Å². The molecule has 1 saturated heterocycles. The fraction of sp³-hybridized carbons (Fsp3) is 0.367. The van der Waals surface area contributed by atoms with Crippen molar-refractivity contribution < 1.29 is 33.2 Å². The van der Waals surface area contributed by atoms with Gasteiger partial charge in [0.15, 0.2) is 23.0 Å². The van der Waals surface area contributed by atoms with E-state index in [2.05, 4.69) is 0 Å². The van der Waals surface area contributed by atoms with Gasteiger partial charge in [-0.2, -0.15) is 0 Å². The van der Waals surface area contributed by atoms with E-state index < -0.39 is 0 Å². The Hall–Kier alpha value is -3.87. The van der Waals surface area contributed by atoms with E-state index >= 15 is 0 Å². The average Bonchev–Trinajstić information content (AvgIpc) is 3.27. The van der Waals surface area contributed by atoms with Crippen molar-refractivity contribution in [2.45, 2.75) is 19.3 Å². The molecular weight excluding hydrogens is 472 g/mol. The summed E-state index contributed by atoms with van der Waals surface area (Å²) < 4.78 is 33.3. The Kier molecular flexibility index (Phi) is 8.77. The standard InChI is InChI=1S/C30H34O7/c1-32-25-8-6-5-7-22(25)13-14-36-27-12-10-21(18-29(27)35-4)16-24-23(19-37-30(24)31)15-20-9-11-26(33-2)28(17-20)34-3/h5-12,17-18,23-24H,13-16,19H2,1-4H3/t23-,24+/m0/s1. The third-order valence-corrected chi connectivity index (χ3v) is 6.76. The molecule has 0 aromatic heterocycles. The van der Waals surface area contributed by atoms with Crippen molar-refractivity contribution in [3.8, 4) is 28.7 Å². The van der Waals surface area contributed by atoms with Gasteiger partial charge in [0, 0.05) is 12.3 Å². The third kappa shape index (κ3) is 6.28. The number of ether oxygens (including phenoxy) is 6. The highest BCUT2D eigenvalue weighted by molar-refractivity contribution is 5.75. The molecule has 3 aromatic carbocycles. The molecule has 0 bridgehead atoms. The molecule has 1 fully saturated rings. The molecule has 4 rings (SSSR count). The number of para-hydroxylation sites is 1. The normalized spacial score (nSPS) is 16.7. The van der Waals surface area contributed by atoms with Crippen molar-refractivity contribution in [1.82, 2.24) is 0 Å². The van der Waals surface area contributed by atoms with Crippen molar-refractivity contribution >= 4 is 5.97 Å². The lowest BCUT2D eigenvalue weighted by Crippen LogP contribution is -2.20. The number of methoxy groups -OCH3 is 4. The first-order valence-electron chi connectivity index (χ1n) is 12.4. The van der Waals surface area contributed by atoms with Crippen LogP contribution < -0.4 is 23.7 Å². The summed E-state index contributed by atoms with van der Waals surface area (Å²) in [6.45, 7) is 0.886. The number of hydrogen-bond donors (Lipinski definition) is 0. The first-order chi connectivity index (χ1) is 18.1. The zero-order valence-electron chi connectivity index (χ0n) is 21.8. The van der Waals surface area contributed by atoms with E-state index in [4.69, 9.17) is 28.4 Å². The monoisotopic (exact) mass is 506 g/mol. The van der Waals surface area contributed by atoms with E-state index in [0.717, 1.165) is 22.4 Å². The van der Waals surface area contributed by atoms with Crippen molar-refractivity contribution in [1.29, 1.82) is 0 Å². The maximum Gasteiger partial charge on any atom is 0.309 e. The number of rotatable bonds is 12. The second-order valence-corrected chi connectivity index (χ2v) is 8.99. The van der Waals surface area contributed by atoms with Crippen molar-refractivity contribution in [2.75, 3.05) is 41.7 Å². The van der Waals surface area contributed by atoms with Gasteiger partial charge in [-0.05, 0) is 59.9 Å². The lowest BCUT2D eigenvalue weighted by atomic mass is 9.85. The van der Waals surface area contributed by atoms with Gasteiger partial charge >= 0.3 is 5.97 Å². The summed E-state index contributed by atoms with van der Waals surface area (Å²) in [4.78, 5) is 12.6. The highest BCUT2D eigenvalue weighted by Crippen LogP contribution is 2.35. The molecule has 0 radical (unpaired) electrons. The number of benzene rings is 3. The van der Waals surface area contributed by atoms with Crippen molar-refractivity contribution in [2.24, 2.45) is 11.8 Å². The van der Waals surface area contributed by atoms with Gasteiger partial charge in [0.05, 0.1) is 47.6 Å². The minimum atomic E-state index is -0.241. The van der Waals surface area contributed by atoms with Crippen LogP contribution in [0.5, 0.6) is 28.7 Å². The van der Waals surface area contributed by atoms with E-state index in [-0.39, 0.29) is 17.8 Å². The summed E-state index contributed by atoms with van der Waals surface area (Å²) in [7, 11) is 6.52. The van der Waals surface area contributed by atoms with Crippen LogP contribution in [0.4, 0.5) is 0 Å². The van der Waals surface area contributed by atoms with Gasteiger partial charge in [-0.25, -0.2) is 0 Å². The Morgan fingerprint density at radius 3 is 2.05 bits per heavy atom. The molecule has 37 heavy (non-hydrogen) atoms. The highest BCUT2D eigenvalue weighted by atomic mass is 16.5. The van der Waals surface area contributed by atoms with Gasteiger partial charge < -0.3 is 28.4 Å². The number of esters is 1. The molecule has 7 nitrogen and oxygen atoms in total. The lowest BCUT2D eigenvalue weighted by Gasteiger charge is -2.18. The predicted molar refractivity (Wildman–Crippen MR) is 140 cm³/mol. The first kappa shape index (κ1) is 26.2. The Balaban J connectivity index is 1.41. The Morgan fingerprint density at radius 1 is 0.730 bits per heavy atom. The molecule has 0 N–H and O–H groups in total. The van der Waals surface area contributed by atoms with E-state index in [9.17, 15) is 4.79 Å². The van der Waals surface area contributed by atoms with Crippen LogP contribution in [0, 0.1) is 11.8 Å². The summed E-state index contributed by atoms with van der Waals surface area (Å²) in [5, 5.41) is 0. The molecule has 1 aliphatic rings. The van der Waals surface area contributed by atoms with Crippen LogP contribution in [0.3, 0.4) is 0 Å². The Morgan fingerprint density at radius 2 is 1.35 bits per heavy atom. The number of cyclic esters (lactones) is 1. The quantitative estimate of drug-likeness (QED) is 0.323. The minimum absolute atomic E-state index is 0.0633. The predicted octanol–water partition coefficient (Wildman–Crippen LogP) is 4.92. The second kappa shape index (κ2) is 12.4. The molecule has 1 heterocycles. The second-order valence-electron chi connectivity index (χ2n) is 8.99. The molecule has 0 unspecified atom stereocenters. The van der Waals surface area contributed by atoms with Crippen molar-refractivity contribution in [3.63, 3.8) is 0 Å². The lowest BCUT2D eigenvalue weighted by molar-refractivity contribution is -0.141. The SMILES string of the molecule is COc1ccccc1CCOc1ccc(C[C@H]2C(=O)OC[C@@H]2Cc2ccc(OC)c(OC)c2)cc1OC. The van der Waals surface area contributed by atoms with Crippen LogP contribution in [-0.2, 0) is 28.8 Å². The fourth-order valence-corrected chi connectivity index (χ4v) is 4.76. The maximum atomic E-state index is 12.6. The van der Waals surface area contributed by atoms with Gasteiger partial charge in [-0.1, -0.05) is 30.3 Å². The summed E-state index contributed by atoms with van der Waals surface area (Å²) in [5.74, 6) is 3.16. The van der Waals surface area contributed by atoms with Crippen LogP contribution in [-0.4, -0.2) is 47.6 Å². The Bertz CT molecular complexity index is 1210. The zero-order chi connectivity index (χ0) is 26.2. The fourth-order valence-electron chi connectivity index (χ4n) is 4.76. The average molecular weight is 507 g/mol. The molecule has 1 aliphatic heterocycles. The van der Waals surface area contributed by atoms with E-state index in [1.54, 1.807) is 28.4 Å². The van der Waals surface area contributed by atoms with Crippen LogP contribution in [0.15, 0.2) is 60.7 Å². The molecule has 3 aromatic rings. The van der Waals surface area contributed by atoms with Gasteiger partial charge in [-0.3, -0.25) is 4.79 Å². The molecular formula is C30H34O7. The Labute approximate surface area is 218 Å². The van der Waals surface area contributed by atoms with Gasteiger partial charge in [0.1, 0.15) is 5.75 Å².